The summed E-state index contributed by atoms with van der Waals surface area (Å²) < 4.78 is 31.4. The number of esters is 1. The number of ether oxygens (including phenoxy) is 1. The number of fused-ring (bicyclic) bond motifs is 2. The first kappa shape index (κ1) is 19.1. The van der Waals surface area contributed by atoms with Gasteiger partial charge in [-0.05, 0) is 42.2 Å². The van der Waals surface area contributed by atoms with Crippen LogP contribution in [0.3, 0.4) is 0 Å². The van der Waals surface area contributed by atoms with Crippen LogP contribution in [-0.4, -0.2) is 36.0 Å². The smallest absolute Gasteiger partial charge is 0.340 e. The lowest BCUT2D eigenvalue weighted by Crippen LogP contribution is -2.39. The summed E-state index contributed by atoms with van der Waals surface area (Å²) in [5.41, 5.74) is -0.0514. The SMILES string of the molecule is CC1(C)C[C@@H]2C[C@](C)(CN2C(=O)COC(=O)c2cc(F)c(F)cc2Cl)C1. The maximum Gasteiger partial charge on any atom is 0.340 e. The quantitative estimate of drug-likeness (QED) is 0.578. The second-order valence-electron chi connectivity index (χ2n) is 8.56. The number of carbonyl (C=O) groups is 2. The van der Waals surface area contributed by atoms with Crippen LogP contribution in [-0.2, 0) is 9.53 Å². The van der Waals surface area contributed by atoms with Crippen LogP contribution in [0.25, 0.3) is 0 Å². The van der Waals surface area contributed by atoms with Crippen LogP contribution in [0, 0.1) is 22.5 Å². The van der Waals surface area contributed by atoms with Crippen molar-refractivity contribution in [1.29, 1.82) is 0 Å². The minimum absolute atomic E-state index is 0.0788. The Bertz CT molecular complexity index is 767. The van der Waals surface area contributed by atoms with Gasteiger partial charge in [0, 0.05) is 12.6 Å². The molecule has 1 aromatic carbocycles. The number of nitrogens with zero attached hydrogens (tertiary/aromatic N) is 1. The van der Waals surface area contributed by atoms with E-state index in [1.807, 2.05) is 0 Å². The summed E-state index contributed by atoms with van der Waals surface area (Å²) in [7, 11) is 0. The van der Waals surface area contributed by atoms with Crippen LogP contribution in [0.15, 0.2) is 12.1 Å². The first-order chi connectivity index (χ1) is 12.0. The number of likely N-dealkylation sites (tertiary alicyclic amines) is 1. The summed E-state index contributed by atoms with van der Waals surface area (Å²) in [6, 6.07) is 1.53. The number of halogens is 3. The fourth-order valence-corrected chi connectivity index (χ4v) is 4.95. The van der Waals surface area contributed by atoms with E-state index in [4.69, 9.17) is 16.3 Å². The molecule has 1 aromatic rings. The second-order valence-corrected chi connectivity index (χ2v) is 8.96. The van der Waals surface area contributed by atoms with Gasteiger partial charge in [-0.3, -0.25) is 4.79 Å². The largest absolute Gasteiger partial charge is 0.452 e. The molecule has 0 N–H and O–H groups in total. The summed E-state index contributed by atoms with van der Waals surface area (Å²) in [6.45, 7) is 6.79. The molecule has 1 aliphatic heterocycles. The van der Waals surface area contributed by atoms with Gasteiger partial charge >= 0.3 is 5.97 Å². The highest BCUT2D eigenvalue weighted by Crippen LogP contribution is 2.52. The van der Waals surface area contributed by atoms with E-state index in [-0.39, 0.29) is 33.4 Å². The fourth-order valence-electron chi connectivity index (χ4n) is 4.72. The Morgan fingerprint density at radius 1 is 1.23 bits per heavy atom. The molecule has 0 aromatic heterocycles. The zero-order valence-electron chi connectivity index (χ0n) is 15.1. The molecule has 1 heterocycles. The lowest BCUT2D eigenvalue weighted by Gasteiger charge is -2.39. The van der Waals surface area contributed by atoms with E-state index in [0.29, 0.717) is 18.7 Å². The van der Waals surface area contributed by atoms with Crippen molar-refractivity contribution in [2.75, 3.05) is 13.2 Å². The number of rotatable bonds is 3. The molecule has 0 spiro atoms. The third kappa shape index (κ3) is 3.70. The van der Waals surface area contributed by atoms with Crippen molar-refractivity contribution in [2.24, 2.45) is 10.8 Å². The van der Waals surface area contributed by atoms with Gasteiger partial charge in [-0.1, -0.05) is 32.4 Å². The summed E-state index contributed by atoms with van der Waals surface area (Å²) in [4.78, 5) is 26.4. The molecule has 0 radical (unpaired) electrons. The third-order valence-corrected chi connectivity index (χ3v) is 5.60. The number of hydrogen-bond acceptors (Lipinski definition) is 3. The summed E-state index contributed by atoms with van der Waals surface area (Å²) in [6.07, 6.45) is 2.91. The number of carbonyl (C=O) groups excluding carboxylic acids is 2. The highest BCUT2D eigenvalue weighted by atomic mass is 35.5. The molecule has 1 amide bonds. The van der Waals surface area contributed by atoms with Crippen molar-refractivity contribution in [3.63, 3.8) is 0 Å². The van der Waals surface area contributed by atoms with Crippen molar-refractivity contribution < 1.29 is 23.1 Å². The maximum atomic E-state index is 13.3. The third-order valence-electron chi connectivity index (χ3n) is 5.29. The van der Waals surface area contributed by atoms with Gasteiger partial charge in [-0.25, -0.2) is 13.6 Å². The van der Waals surface area contributed by atoms with E-state index in [1.165, 1.54) is 0 Å². The molecule has 2 atom stereocenters. The first-order valence-corrected chi connectivity index (χ1v) is 8.99. The molecule has 1 saturated heterocycles. The minimum atomic E-state index is -1.20. The first-order valence-electron chi connectivity index (χ1n) is 8.61. The van der Waals surface area contributed by atoms with Gasteiger partial charge in [-0.2, -0.15) is 0 Å². The summed E-state index contributed by atoms with van der Waals surface area (Å²) >= 11 is 5.76. The van der Waals surface area contributed by atoms with Crippen molar-refractivity contribution >= 4 is 23.5 Å². The molecule has 142 valence electrons. The second kappa shape index (κ2) is 6.48. The van der Waals surface area contributed by atoms with Crippen LogP contribution >= 0.6 is 11.6 Å². The summed E-state index contributed by atoms with van der Waals surface area (Å²) in [5, 5.41) is -0.257. The Hall–Kier alpha value is -1.69. The van der Waals surface area contributed by atoms with Crippen molar-refractivity contribution in [1.82, 2.24) is 4.90 Å². The molecule has 2 fully saturated rings. The van der Waals surface area contributed by atoms with E-state index >= 15 is 0 Å². The van der Waals surface area contributed by atoms with Gasteiger partial charge in [0.25, 0.3) is 5.91 Å². The number of amides is 1. The highest BCUT2D eigenvalue weighted by molar-refractivity contribution is 6.33. The molecule has 4 nitrogen and oxygen atoms in total. The molecule has 1 saturated carbocycles. The zero-order chi connectivity index (χ0) is 19.3. The van der Waals surface area contributed by atoms with E-state index in [9.17, 15) is 18.4 Å². The molecule has 7 heteroatoms. The molecule has 0 unspecified atom stereocenters. The van der Waals surface area contributed by atoms with Crippen LogP contribution in [0.5, 0.6) is 0 Å². The lowest BCUT2D eigenvalue weighted by atomic mass is 9.65. The Balaban J connectivity index is 1.65. The van der Waals surface area contributed by atoms with E-state index in [0.717, 1.165) is 19.3 Å². The van der Waals surface area contributed by atoms with Crippen LogP contribution in [0.2, 0.25) is 5.02 Å². The Labute approximate surface area is 156 Å². The average Bonchev–Trinajstić information content (AvgIpc) is 2.77. The molecule has 2 aliphatic rings. The molecule has 26 heavy (non-hydrogen) atoms. The standard InChI is InChI=1S/C19H22ClF2NO3/c1-18(2)6-11-7-19(3,9-18)10-23(11)16(24)8-26-17(25)12-4-14(21)15(22)5-13(12)20/h4-5,11H,6-10H2,1-3H3/t11-,19+/m1/s1. The molecule has 3 rings (SSSR count). The van der Waals surface area contributed by atoms with Gasteiger partial charge in [0.15, 0.2) is 18.2 Å². The maximum absolute atomic E-state index is 13.3. The Morgan fingerprint density at radius 2 is 1.88 bits per heavy atom. The van der Waals surface area contributed by atoms with E-state index < -0.39 is 24.2 Å². The molecular weight excluding hydrogens is 364 g/mol. The van der Waals surface area contributed by atoms with E-state index in [2.05, 4.69) is 20.8 Å². The monoisotopic (exact) mass is 385 g/mol. The van der Waals surface area contributed by atoms with Gasteiger partial charge in [0.1, 0.15) is 0 Å². The van der Waals surface area contributed by atoms with E-state index in [1.54, 1.807) is 4.90 Å². The van der Waals surface area contributed by atoms with Gasteiger partial charge in [-0.15, -0.1) is 0 Å². The predicted molar refractivity (Wildman–Crippen MR) is 92.9 cm³/mol. The molecular formula is C19H22ClF2NO3. The fraction of sp³-hybridized carbons (Fsp3) is 0.579. The zero-order valence-corrected chi connectivity index (χ0v) is 15.8. The van der Waals surface area contributed by atoms with Crippen LogP contribution in [0.1, 0.15) is 50.4 Å². The van der Waals surface area contributed by atoms with Crippen molar-refractivity contribution in [3.05, 3.63) is 34.4 Å². The van der Waals surface area contributed by atoms with Crippen LogP contribution < -0.4 is 0 Å². The van der Waals surface area contributed by atoms with Gasteiger partial charge in [0.2, 0.25) is 0 Å². The minimum Gasteiger partial charge on any atom is -0.452 e. The Kier molecular flexibility index (Phi) is 4.76. The van der Waals surface area contributed by atoms with Crippen molar-refractivity contribution in [3.8, 4) is 0 Å². The normalized spacial score (nSPS) is 26.7. The molecule has 1 aliphatic carbocycles. The van der Waals surface area contributed by atoms with Gasteiger partial charge in [0.05, 0.1) is 10.6 Å². The Morgan fingerprint density at radius 3 is 2.58 bits per heavy atom. The van der Waals surface area contributed by atoms with Crippen molar-refractivity contribution in [2.45, 2.75) is 46.1 Å². The van der Waals surface area contributed by atoms with Gasteiger partial charge < -0.3 is 9.64 Å². The average molecular weight is 386 g/mol. The summed E-state index contributed by atoms with van der Waals surface area (Å²) in [5.74, 6) is -3.57. The lowest BCUT2D eigenvalue weighted by molar-refractivity contribution is -0.135. The predicted octanol–water partition coefficient (Wildman–Crippen LogP) is 4.20. The van der Waals surface area contributed by atoms with Crippen LogP contribution in [0.4, 0.5) is 8.78 Å². The number of benzene rings is 1. The highest BCUT2D eigenvalue weighted by Gasteiger charge is 2.50. The molecule has 2 bridgehead atoms. The number of hydrogen-bond donors (Lipinski definition) is 0. The topological polar surface area (TPSA) is 46.6 Å².